The first-order chi connectivity index (χ1) is 9.95. The zero-order chi connectivity index (χ0) is 15.6. The van der Waals surface area contributed by atoms with E-state index < -0.39 is 4.92 Å². The van der Waals surface area contributed by atoms with Crippen molar-refractivity contribution in [1.82, 2.24) is 4.90 Å². The average molecular weight is 292 g/mol. The van der Waals surface area contributed by atoms with E-state index in [1.54, 1.807) is 11.0 Å². The third-order valence-electron chi connectivity index (χ3n) is 3.64. The molecule has 1 fully saturated rings. The molecule has 114 valence electrons. The van der Waals surface area contributed by atoms with Crippen molar-refractivity contribution in [2.75, 3.05) is 12.0 Å². The standard InChI is InChI=1S/C14H20N4O3/c1-9(2)17(8-10-6-7-10)14(19)11-4-3-5-12(16-15)13(11)18(20)21/h3-5,9-10,16H,6-8,15H2,1-2H3. The Hall–Kier alpha value is -2.15. The van der Waals surface area contributed by atoms with Crippen LogP contribution in [0.1, 0.15) is 37.0 Å². The summed E-state index contributed by atoms with van der Waals surface area (Å²) in [5.74, 6) is 5.51. The molecule has 0 radical (unpaired) electrons. The second-order valence-corrected chi connectivity index (χ2v) is 5.60. The summed E-state index contributed by atoms with van der Waals surface area (Å²) in [7, 11) is 0. The molecule has 3 N–H and O–H groups in total. The molecule has 7 heteroatoms. The van der Waals surface area contributed by atoms with Gasteiger partial charge in [0.05, 0.1) is 4.92 Å². The molecule has 0 spiro atoms. The Kier molecular flexibility index (Phi) is 4.42. The number of hydrazine groups is 1. The van der Waals surface area contributed by atoms with Gasteiger partial charge in [-0.1, -0.05) is 6.07 Å². The van der Waals surface area contributed by atoms with Crippen molar-refractivity contribution in [2.24, 2.45) is 11.8 Å². The molecule has 0 bridgehead atoms. The molecule has 0 saturated heterocycles. The lowest BCUT2D eigenvalue weighted by Crippen LogP contribution is -2.38. The quantitative estimate of drug-likeness (QED) is 0.475. The number of anilines is 1. The molecule has 2 rings (SSSR count). The summed E-state index contributed by atoms with van der Waals surface area (Å²) in [6.07, 6.45) is 2.23. The largest absolute Gasteiger partial charge is 0.336 e. The lowest BCUT2D eigenvalue weighted by atomic mass is 10.1. The lowest BCUT2D eigenvalue weighted by Gasteiger charge is -2.27. The Bertz CT molecular complexity index is 555. The Morgan fingerprint density at radius 3 is 2.67 bits per heavy atom. The summed E-state index contributed by atoms with van der Waals surface area (Å²) in [6, 6.07) is 4.54. The highest BCUT2D eigenvalue weighted by Gasteiger charge is 2.32. The predicted octanol–water partition coefficient (Wildman–Crippen LogP) is 2.14. The third kappa shape index (κ3) is 3.30. The van der Waals surface area contributed by atoms with Crippen LogP contribution < -0.4 is 11.3 Å². The molecule has 1 aliphatic rings. The van der Waals surface area contributed by atoms with Gasteiger partial charge in [-0.15, -0.1) is 0 Å². The molecule has 0 atom stereocenters. The summed E-state index contributed by atoms with van der Waals surface area (Å²) in [6.45, 7) is 4.47. The topological polar surface area (TPSA) is 102 Å². The minimum Gasteiger partial charge on any atom is -0.336 e. The number of amides is 1. The van der Waals surface area contributed by atoms with Crippen LogP contribution in [-0.2, 0) is 0 Å². The monoisotopic (exact) mass is 292 g/mol. The number of carbonyl (C=O) groups excluding carboxylic acids is 1. The Morgan fingerprint density at radius 1 is 1.52 bits per heavy atom. The molecule has 1 aromatic carbocycles. The summed E-state index contributed by atoms with van der Waals surface area (Å²) in [5, 5.41) is 11.3. The van der Waals surface area contributed by atoms with Crippen LogP contribution in [0.3, 0.4) is 0 Å². The number of nitro benzene ring substituents is 1. The minimum atomic E-state index is -0.571. The SMILES string of the molecule is CC(C)N(CC1CC1)C(=O)c1cccc(NN)c1[N+](=O)[O-]. The second kappa shape index (κ2) is 6.09. The molecule has 0 heterocycles. The van der Waals surface area contributed by atoms with Gasteiger partial charge in [0.2, 0.25) is 0 Å². The fourth-order valence-electron chi connectivity index (χ4n) is 2.29. The Labute approximate surface area is 123 Å². The van der Waals surface area contributed by atoms with Crippen LogP contribution in [0.25, 0.3) is 0 Å². The van der Waals surface area contributed by atoms with Crippen molar-refractivity contribution < 1.29 is 9.72 Å². The number of hydrogen-bond acceptors (Lipinski definition) is 5. The molecular formula is C14H20N4O3. The van der Waals surface area contributed by atoms with Gasteiger partial charge >= 0.3 is 5.69 Å². The molecule has 21 heavy (non-hydrogen) atoms. The number of nitrogens with zero attached hydrogens (tertiary/aromatic N) is 2. The molecule has 1 amide bonds. The Balaban J connectivity index is 2.38. The maximum Gasteiger partial charge on any atom is 0.306 e. The van der Waals surface area contributed by atoms with E-state index in [-0.39, 0.29) is 28.9 Å². The number of nitro groups is 1. The van der Waals surface area contributed by atoms with Crippen molar-refractivity contribution in [3.63, 3.8) is 0 Å². The highest BCUT2D eigenvalue weighted by atomic mass is 16.6. The van der Waals surface area contributed by atoms with Crippen LogP contribution in [-0.4, -0.2) is 28.3 Å². The van der Waals surface area contributed by atoms with E-state index in [0.717, 1.165) is 12.8 Å². The molecule has 1 aromatic rings. The van der Waals surface area contributed by atoms with Gasteiger partial charge in [0.1, 0.15) is 11.3 Å². The van der Waals surface area contributed by atoms with Gasteiger partial charge < -0.3 is 10.3 Å². The first-order valence-corrected chi connectivity index (χ1v) is 7.00. The van der Waals surface area contributed by atoms with Crippen LogP contribution in [0.15, 0.2) is 18.2 Å². The first-order valence-electron chi connectivity index (χ1n) is 7.00. The van der Waals surface area contributed by atoms with Crippen molar-refractivity contribution in [3.8, 4) is 0 Å². The van der Waals surface area contributed by atoms with Crippen molar-refractivity contribution >= 4 is 17.3 Å². The van der Waals surface area contributed by atoms with Crippen LogP contribution >= 0.6 is 0 Å². The fraction of sp³-hybridized carbons (Fsp3) is 0.500. The van der Waals surface area contributed by atoms with Gasteiger partial charge in [0, 0.05) is 12.6 Å². The maximum atomic E-state index is 12.7. The van der Waals surface area contributed by atoms with Gasteiger partial charge in [0.25, 0.3) is 5.91 Å². The smallest absolute Gasteiger partial charge is 0.306 e. The van der Waals surface area contributed by atoms with Crippen molar-refractivity contribution in [3.05, 3.63) is 33.9 Å². The normalized spacial score (nSPS) is 14.1. The number of hydrogen-bond donors (Lipinski definition) is 2. The van der Waals surface area contributed by atoms with Gasteiger partial charge in [-0.2, -0.15) is 0 Å². The first kappa shape index (κ1) is 15.2. The average Bonchev–Trinajstić information content (AvgIpc) is 3.26. The van der Waals surface area contributed by atoms with E-state index in [4.69, 9.17) is 5.84 Å². The molecule has 0 aliphatic heterocycles. The van der Waals surface area contributed by atoms with Crippen LogP contribution in [0.2, 0.25) is 0 Å². The zero-order valence-corrected chi connectivity index (χ0v) is 12.2. The van der Waals surface area contributed by atoms with E-state index in [1.807, 2.05) is 13.8 Å². The lowest BCUT2D eigenvalue weighted by molar-refractivity contribution is -0.384. The highest BCUT2D eigenvalue weighted by molar-refractivity contribution is 6.00. The van der Waals surface area contributed by atoms with Crippen LogP contribution in [0.5, 0.6) is 0 Å². The minimum absolute atomic E-state index is 0.00723. The van der Waals surface area contributed by atoms with E-state index in [1.165, 1.54) is 12.1 Å². The molecule has 0 unspecified atom stereocenters. The molecule has 1 aliphatic carbocycles. The van der Waals surface area contributed by atoms with Crippen LogP contribution in [0.4, 0.5) is 11.4 Å². The molecular weight excluding hydrogens is 272 g/mol. The number of benzene rings is 1. The number of carbonyl (C=O) groups is 1. The number of rotatable bonds is 6. The summed E-state index contributed by atoms with van der Waals surface area (Å²) < 4.78 is 0. The molecule has 1 saturated carbocycles. The second-order valence-electron chi connectivity index (χ2n) is 5.60. The summed E-state index contributed by atoms with van der Waals surface area (Å²) in [4.78, 5) is 25.1. The van der Waals surface area contributed by atoms with Gasteiger partial charge in [-0.25, -0.2) is 0 Å². The number of nitrogen functional groups attached to an aromatic ring is 1. The van der Waals surface area contributed by atoms with Gasteiger partial charge in [-0.3, -0.25) is 20.8 Å². The zero-order valence-electron chi connectivity index (χ0n) is 12.2. The molecule has 7 nitrogen and oxygen atoms in total. The van der Waals surface area contributed by atoms with Crippen molar-refractivity contribution in [2.45, 2.75) is 32.7 Å². The number of nitrogens with two attached hydrogens (primary N) is 1. The third-order valence-corrected chi connectivity index (χ3v) is 3.64. The predicted molar refractivity (Wildman–Crippen MR) is 79.8 cm³/mol. The molecule has 0 aromatic heterocycles. The summed E-state index contributed by atoms with van der Waals surface area (Å²) >= 11 is 0. The van der Waals surface area contributed by atoms with E-state index in [2.05, 4.69) is 5.43 Å². The van der Waals surface area contributed by atoms with Gasteiger partial charge in [-0.05, 0) is 44.7 Å². The summed E-state index contributed by atoms with van der Waals surface area (Å²) in [5.41, 5.74) is 2.22. The maximum absolute atomic E-state index is 12.7. The Morgan fingerprint density at radius 2 is 2.19 bits per heavy atom. The van der Waals surface area contributed by atoms with E-state index in [9.17, 15) is 14.9 Å². The fourth-order valence-corrected chi connectivity index (χ4v) is 2.29. The number of para-hydroxylation sites is 1. The highest BCUT2D eigenvalue weighted by Crippen LogP contribution is 2.33. The number of nitrogens with one attached hydrogen (secondary N) is 1. The van der Waals surface area contributed by atoms with E-state index >= 15 is 0 Å². The van der Waals surface area contributed by atoms with E-state index in [0.29, 0.717) is 12.5 Å². The van der Waals surface area contributed by atoms with Crippen molar-refractivity contribution in [1.29, 1.82) is 0 Å². The van der Waals surface area contributed by atoms with Crippen LogP contribution in [0, 0.1) is 16.0 Å². The van der Waals surface area contributed by atoms with Gasteiger partial charge in [0.15, 0.2) is 0 Å².